The van der Waals surface area contributed by atoms with Crippen molar-refractivity contribution < 1.29 is 28.7 Å². The van der Waals surface area contributed by atoms with Gasteiger partial charge in [0.2, 0.25) is 5.82 Å². The van der Waals surface area contributed by atoms with Crippen LogP contribution in [0.1, 0.15) is 18.4 Å². The Morgan fingerprint density at radius 2 is 1.61 bits per heavy atom. The van der Waals surface area contributed by atoms with Crippen molar-refractivity contribution in [3.05, 3.63) is 84.2 Å². The van der Waals surface area contributed by atoms with Crippen LogP contribution >= 0.6 is 0 Å². The van der Waals surface area contributed by atoms with Crippen molar-refractivity contribution in [1.29, 1.82) is 0 Å². The largest absolute Gasteiger partial charge is 0.480 e. The van der Waals surface area contributed by atoms with Gasteiger partial charge in [-0.15, -0.1) is 0 Å². The van der Waals surface area contributed by atoms with Crippen LogP contribution < -0.4 is 5.32 Å². The molecule has 1 saturated carbocycles. The van der Waals surface area contributed by atoms with Crippen molar-refractivity contribution in [2.45, 2.75) is 25.4 Å². The molecule has 8 nitrogen and oxygen atoms in total. The third kappa shape index (κ3) is 4.36. The van der Waals surface area contributed by atoms with E-state index in [1.54, 1.807) is 12.1 Å². The van der Waals surface area contributed by atoms with Crippen LogP contribution in [0.2, 0.25) is 0 Å². The number of hydrogen-bond donors (Lipinski definition) is 3. The number of benzene rings is 3. The molecular weight excluding hydrogens is 465 g/mol. The fourth-order valence-electron chi connectivity index (χ4n) is 4.36. The lowest BCUT2D eigenvalue weighted by molar-refractivity contribution is -0.173. The lowest BCUT2D eigenvalue weighted by atomic mass is 9.65. The molecule has 1 fully saturated rings. The molecule has 1 aromatic heterocycles. The minimum absolute atomic E-state index is 0.0499. The monoisotopic (exact) mass is 487 g/mol. The molecule has 182 valence electrons. The smallest absolute Gasteiger partial charge is 0.321 e. The molecule has 0 radical (unpaired) electrons. The lowest BCUT2D eigenvalue weighted by Crippen LogP contribution is -2.56. The maximum absolute atomic E-state index is 14.7. The highest BCUT2D eigenvalue weighted by Gasteiger charge is 2.56. The predicted molar refractivity (Wildman–Crippen MR) is 128 cm³/mol. The van der Waals surface area contributed by atoms with Gasteiger partial charge in [0.25, 0.3) is 5.89 Å². The number of hydrogen-bond acceptors (Lipinski definition) is 6. The topological polar surface area (TPSA) is 126 Å². The van der Waals surface area contributed by atoms with Gasteiger partial charge >= 0.3 is 11.9 Å². The maximum atomic E-state index is 14.7. The van der Waals surface area contributed by atoms with E-state index in [0.29, 0.717) is 23.5 Å². The summed E-state index contributed by atoms with van der Waals surface area (Å²) < 4.78 is 20.1. The highest BCUT2D eigenvalue weighted by Crippen LogP contribution is 2.42. The molecule has 3 aromatic carbocycles. The van der Waals surface area contributed by atoms with E-state index < -0.39 is 17.4 Å². The van der Waals surface area contributed by atoms with E-state index in [2.05, 4.69) is 15.5 Å². The van der Waals surface area contributed by atoms with Gasteiger partial charge in [-0.25, -0.2) is 4.39 Å². The number of aromatic nitrogens is 2. The Kier molecular flexibility index (Phi) is 6.07. The first kappa shape index (κ1) is 23.4. The van der Waals surface area contributed by atoms with Crippen LogP contribution in [0.5, 0.6) is 0 Å². The number of carboxylic acids is 2. The molecule has 1 heterocycles. The van der Waals surface area contributed by atoms with Crippen LogP contribution in [0.4, 0.5) is 4.39 Å². The van der Waals surface area contributed by atoms with Gasteiger partial charge in [-0.05, 0) is 36.1 Å². The van der Waals surface area contributed by atoms with Gasteiger partial charge in [-0.3, -0.25) is 9.59 Å². The van der Waals surface area contributed by atoms with Crippen LogP contribution in [0.3, 0.4) is 0 Å². The Bertz CT molecular complexity index is 1400. The van der Waals surface area contributed by atoms with Gasteiger partial charge in [-0.2, -0.15) is 4.98 Å². The molecule has 0 amide bonds. The first-order valence-electron chi connectivity index (χ1n) is 11.3. The molecule has 0 spiro atoms. The van der Waals surface area contributed by atoms with Crippen molar-refractivity contribution >= 4 is 11.9 Å². The van der Waals surface area contributed by atoms with E-state index in [4.69, 9.17) is 4.52 Å². The standard InChI is InChI=1S/C27H22FN3O5/c28-22-12-19(10-11-21(22)17-4-2-1-3-5-17)24-30-23(31-36-24)18-8-6-16(7-9-18)15-29-20-13-27(14-20,25(32)33)26(34)35/h1-12,20,29H,13-15H2,(H,32,33)(H,34,35). The van der Waals surface area contributed by atoms with Crippen LogP contribution in [0.15, 0.2) is 77.3 Å². The molecule has 5 rings (SSSR count). The number of nitrogens with zero attached hydrogens (tertiary/aromatic N) is 2. The van der Waals surface area contributed by atoms with E-state index in [9.17, 15) is 24.2 Å². The Morgan fingerprint density at radius 3 is 2.25 bits per heavy atom. The van der Waals surface area contributed by atoms with Crippen LogP contribution in [-0.4, -0.2) is 38.3 Å². The number of halogens is 1. The first-order chi connectivity index (χ1) is 17.4. The van der Waals surface area contributed by atoms with Crippen LogP contribution in [0, 0.1) is 11.2 Å². The average Bonchev–Trinajstić information content (AvgIpc) is 3.34. The summed E-state index contributed by atoms with van der Waals surface area (Å²) in [5.74, 6) is -2.41. The quantitative estimate of drug-likeness (QED) is 0.308. The Labute approximate surface area is 205 Å². The fraction of sp³-hybridized carbons (Fsp3) is 0.185. The van der Waals surface area contributed by atoms with Crippen LogP contribution in [-0.2, 0) is 16.1 Å². The normalized spacial score (nSPS) is 14.8. The Hall–Kier alpha value is -4.37. The fourth-order valence-corrected chi connectivity index (χ4v) is 4.36. The molecule has 0 atom stereocenters. The van der Waals surface area contributed by atoms with Crippen molar-refractivity contribution in [2.24, 2.45) is 5.41 Å². The van der Waals surface area contributed by atoms with Gasteiger partial charge in [0.1, 0.15) is 5.82 Å². The summed E-state index contributed by atoms with van der Waals surface area (Å²) in [6.45, 7) is 0.463. The molecule has 4 aromatic rings. The lowest BCUT2D eigenvalue weighted by Gasteiger charge is -2.41. The highest BCUT2D eigenvalue weighted by atomic mass is 19.1. The summed E-state index contributed by atoms with van der Waals surface area (Å²) >= 11 is 0. The third-order valence-electron chi connectivity index (χ3n) is 6.54. The summed E-state index contributed by atoms with van der Waals surface area (Å²) in [4.78, 5) is 26.9. The zero-order chi connectivity index (χ0) is 25.3. The first-order valence-corrected chi connectivity index (χ1v) is 11.3. The van der Waals surface area contributed by atoms with E-state index in [-0.39, 0.29) is 30.6 Å². The molecule has 0 unspecified atom stereocenters. The highest BCUT2D eigenvalue weighted by molar-refractivity contribution is 5.99. The molecular formula is C27H22FN3O5. The van der Waals surface area contributed by atoms with Gasteiger partial charge in [0, 0.05) is 29.3 Å². The molecule has 0 aliphatic heterocycles. The van der Waals surface area contributed by atoms with Crippen molar-refractivity contribution in [3.63, 3.8) is 0 Å². The predicted octanol–water partition coefficient (Wildman–Crippen LogP) is 4.62. The second-order valence-corrected chi connectivity index (χ2v) is 8.86. The second kappa shape index (κ2) is 9.35. The maximum Gasteiger partial charge on any atom is 0.321 e. The SMILES string of the molecule is O=C(O)C1(C(=O)O)CC(NCc2ccc(-c3noc(-c4ccc(-c5ccccc5)c(F)c4)n3)cc2)C1. The number of carbonyl (C=O) groups is 2. The minimum Gasteiger partial charge on any atom is -0.480 e. The molecule has 0 bridgehead atoms. The van der Waals surface area contributed by atoms with Gasteiger partial charge in [-0.1, -0.05) is 65.8 Å². The average molecular weight is 487 g/mol. The van der Waals surface area contributed by atoms with Crippen LogP contribution in [0.25, 0.3) is 34.0 Å². The van der Waals surface area contributed by atoms with Gasteiger partial charge in [0.15, 0.2) is 5.41 Å². The summed E-state index contributed by atoms with van der Waals surface area (Å²) in [5, 5.41) is 25.6. The third-order valence-corrected chi connectivity index (χ3v) is 6.54. The second-order valence-electron chi connectivity index (χ2n) is 8.86. The van der Waals surface area contributed by atoms with Crippen molar-refractivity contribution in [2.75, 3.05) is 0 Å². The number of carboxylic acid groups (broad SMARTS) is 2. The molecule has 0 saturated heterocycles. The summed E-state index contributed by atoms with van der Waals surface area (Å²) in [5.41, 5.74) is 1.71. The Balaban J connectivity index is 1.22. The van der Waals surface area contributed by atoms with E-state index in [1.807, 2.05) is 54.6 Å². The molecule has 1 aliphatic rings. The van der Waals surface area contributed by atoms with Gasteiger partial charge in [0.05, 0.1) is 0 Å². The van der Waals surface area contributed by atoms with Crippen molar-refractivity contribution in [3.8, 4) is 34.0 Å². The molecule has 1 aliphatic carbocycles. The van der Waals surface area contributed by atoms with E-state index >= 15 is 0 Å². The zero-order valence-corrected chi connectivity index (χ0v) is 19.0. The minimum atomic E-state index is -1.69. The molecule has 9 heteroatoms. The summed E-state index contributed by atoms with van der Waals surface area (Å²) in [6, 6.07) is 21.3. The summed E-state index contributed by atoms with van der Waals surface area (Å²) in [6.07, 6.45) is 0.0998. The Morgan fingerprint density at radius 1 is 0.944 bits per heavy atom. The number of rotatable bonds is 8. The number of nitrogens with one attached hydrogen (secondary N) is 1. The van der Waals surface area contributed by atoms with E-state index in [1.165, 1.54) is 6.07 Å². The zero-order valence-electron chi connectivity index (χ0n) is 19.0. The number of aliphatic carboxylic acids is 2. The summed E-state index contributed by atoms with van der Waals surface area (Å²) in [7, 11) is 0. The molecule has 36 heavy (non-hydrogen) atoms. The van der Waals surface area contributed by atoms with Gasteiger partial charge < -0.3 is 20.1 Å². The van der Waals surface area contributed by atoms with E-state index in [0.717, 1.165) is 16.7 Å². The molecule has 3 N–H and O–H groups in total. The van der Waals surface area contributed by atoms with Crippen molar-refractivity contribution in [1.82, 2.24) is 15.5 Å².